The molecule has 2 rings (SSSR count). The van der Waals surface area contributed by atoms with Gasteiger partial charge in [0.15, 0.2) is 5.41 Å². The van der Waals surface area contributed by atoms with Crippen molar-refractivity contribution in [3.8, 4) is 0 Å². The molecular weight excluding hydrogens is 208 g/mol. The maximum Gasteiger partial charge on any atom is 0.323 e. The molecule has 3 unspecified atom stereocenters. The minimum atomic E-state index is -0.951. The highest BCUT2D eigenvalue weighted by molar-refractivity contribution is 6.03. The second-order valence-electron chi connectivity index (χ2n) is 4.81. The molecule has 0 radical (unpaired) electrons. The van der Waals surface area contributed by atoms with Crippen molar-refractivity contribution in [2.75, 3.05) is 13.7 Å². The van der Waals surface area contributed by atoms with Gasteiger partial charge in [-0.1, -0.05) is 13.3 Å². The molecule has 0 bridgehead atoms. The maximum atomic E-state index is 11.9. The van der Waals surface area contributed by atoms with Crippen LogP contribution in [-0.4, -0.2) is 25.7 Å². The van der Waals surface area contributed by atoms with E-state index in [0.717, 1.165) is 19.3 Å². The van der Waals surface area contributed by atoms with Crippen LogP contribution in [-0.2, 0) is 19.1 Å². The van der Waals surface area contributed by atoms with E-state index in [-0.39, 0.29) is 11.9 Å². The van der Waals surface area contributed by atoms with Crippen LogP contribution in [0.15, 0.2) is 0 Å². The minimum Gasteiger partial charge on any atom is -0.468 e. The topological polar surface area (TPSA) is 52.6 Å². The summed E-state index contributed by atoms with van der Waals surface area (Å²) in [6, 6.07) is 0. The molecule has 1 aliphatic heterocycles. The lowest BCUT2D eigenvalue weighted by molar-refractivity contribution is -0.165. The van der Waals surface area contributed by atoms with E-state index in [0.29, 0.717) is 18.9 Å². The smallest absolute Gasteiger partial charge is 0.323 e. The molecule has 4 heteroatoms. The molecule has 2 fully saturated rings. The molecule has 2 aliphatic rings. The van der Waals surface area contributed by atoms with Gasteiger partial charge in [0.25, 0.3) is 0 Å². The first-order chi connectivity index (χ1) is 7.65. The SMILES string of the molecule is CCC1CCC2CC2(C(=O)OC)C(=O)OC1. The molecule has 3 atom stereocenters. The number of hydrogen-bond acceptors (Lipinski definition) is 4. The summed E-state index contributed by atoms with van der Waals surface area (Å²) >= 11 is 0. The van der Waals surface area contributed by atoms with Gasteiger partial charge in [-0.15, -0.1) is 0 Å². The number of methoxy groups -OCH3 is 1. The Morgan fingerprint density at radius 1 is 1.56 bits per heavy atom. The highest BCUT2D eigenvalue weighted by Gasteiger charge is 2.67. The summed E-state index contributed by atoms with van der Waals surface area (Å²) in [4.78, 5) is 23.5. The van der Waals surface area contributed by atoms with Crippen LogP contribution in [0.5, 0.6) is 0 Å². The molecule has 0 aromatic heterocycles. The third-order valence-electron chi connectivity index (χ3n) is 3.97. The Kier molecular flexibility index (Phi) is 2.91. The molecule has 1 saturated heterocycles. The molecule has 1 aliphatic carbocycles. The molecular formula is C12H18O4. The first kappa shape index (κ1) is 11.4. The predicted octanol–water partition coefficient (Wildman–Crippen LogP) is 1.53. The van der Waals surface area contributed by atoms with Gasteiger partial charge in [-0.2, -0.15) is 0 Å². The molecule has 0 N–H and O–H groups in total. The number of fused-ring (bicyclic) bond motifs is 1. The third kappa shape index (κ3) is 1.60. The molecule has 90 valence electrons. The van der Waals surface area contributed by atoms with E-state index in [1.54, 1.807) is 0 Å². The van der Waals surface area contributed by atoms with Crippen LogP contribution in [0.25, 0.3) is 0 Å². The van der Waals surface area contributed by atoms with Crippen molar-refractivity contribution in [3.63, 3.8) is 0 Å². The van der Waals surface area contributed by atoms with Crippen LogP contribution < -0.4 is 0 Å². The average molecular weight is 226 g/mol. The fourth-order valence-electron chi connectivity index (χ4n) is 2.61. The fraction of sp³-hybridized carbons (Fsp3) is 0.833. The molecule has 1 saturated carbocycles. The van der Waals surface area contributed by atoms with E-state index in [1.807, 2.05) is 0 Å². The zero-order chi connectivity index (χ0) is 11.8. The van der Waals surface area contributed by atoms with Crippen LogP contribution in [0, 0.1) is 17.3 Å². The van der Waals surface area contributed by atoms with Gasteiger partial charge in [0.05, 0.1) is 13.7 Å². The summed E-state index contributed by atoms with van der Waals surface area (Å²) in [5.41, 5.74) is -0.951. The van der Waals surface area contributed by atoms with E-state index >= 15 is 0 Å². The van der Waals surface area contributed by atoms with Gasteiger partial charge >= 0.3 is 11.9 Å². The zero-order valence-corrected chi connectivity index (χ0v) is 9.82. The molecule has 1 heterocycles. The summed E-state index contributed by atoms with van der Waals surface area (Å²) in [5.74, 6) is -0.207. The van der Waals surface area contributed by atoms with Gasteiger partial charge in [0, 0.05) is 0 Å². The molecule has 16 heavy (non-hydrogen) atoms. The highest BCUT2D eigenvalue weighted by Crippen LogP contribution is 2.57. The number of ether oxygens (including phenoxy) is 2. The Labute approximate surface area is 95.3 Å². The number of hydrogen-bond donors (Lipinski definition) is 0. The summed E-state index contributed by atoms with van der Waals surface area (Å²) in [5, 5.41) is 0. The Hall–Kier alpha value is -1.06. The number of esters is 2. The quantitative estimate of drug-likeness (QED) is 0.529. The van der Waals surface area contributed by atoms with Crippen molar-refractivity contribution in [2.24, 2.45) is 17.3 Å². The molecule has 0 spiro atoms. The largest absolute Gasteiger partial charge is 0.468 e. The van der Waals surface area contributed by atoms with Crippen molar-refractivity contribution in [1.29, 1.82) is 0 Å². The van der Waals surface area contributed by atoms with Gasteiger partial charge in [0.1, 0.15) is 0 Å². The summed E-state index contributed by atoms with van der Waals surface area (Å²) in [7, 11) is 1.33. The van der Waals surface area contributed by atoms with Crippen molar-refractivity contribution < 1.29 is 19.1 Å². The Balaban J connectivity index is 2.10. The van der Waals surface area contributed by atoms with Crippen LogP contribution in [0.1, 0.15) is 32.6 Å². The highest BCUT2D eigenvalue weighted by atomic mass is 16.6. The third-order valence-corrected chi connectivity index (χ3v) is 3.97. The predicted molar refractivity (Wildman–Crippen MR) is 56.5 cm³/mol. The lowest BCUT2D eigenvalue weighted by Crippen LogP contribution is -2.33. The maximum absolute atomic E-state index is 11.9. The van der Waals surface area contributed by atoms with E-state index in [9.17, 15) is 9.59 Å². The van der Waals surface area contributed by atoms with Crippen molar-refractivity contribution >= 4 is 11.9 Å². The van der Waals surface area contributed by atoms with E-state index in [2.05, 4.69) is 6.92 Å². The monoisotopic (exact) mass is 226 g/mol. The van der Waals surface area contributed by atoms with Crippen LogP contribution >= 0.6 is 0 Å². The van der Waals surface area contributed by atoms with Crippen LogP contribution in [0.3, 0.4) is 0 Å². The van der Waals surface area contributed by atoms with E-state index in [4.69, 9.17) is 9.47 Å². The van der Waals surface area contributed by atoms with E-state index in [1.165, 1.54) is 7.11 Å². The molecule has 0 amide bonds. The second kappa shape index (κ2) is 4.07. The van der Waals surface area contributed by atoms with Crippen LogP contribution in [0.2, 0.25) is 0 Å². The summed E-state index contributed by atoms with van der Waals surface area (Å²) in [6.45, 7) is 2.54. The minimum absolute atomic E-state index is 0.141. The Morgan fingerprint density at radius 3 is 2.94 bits per heavy atom. The molecule has 0 aromatic rings. The first-order valence-electron chi connectivity index (χ1n) is 5.90. The van der Waals surface area contributed by atoms with Gasteiger partial charge in [-0.25, -0.2) is 0 Å². The Morgan fingerprint density at radius 2 is 2.31 bits per heavy atom. The first-order valence-corrected chi connectivity index (χ1v) is 5.90. The number of carbonyl (C=O) groups is 2. The number of carbonyl (C=O) groups excluding carboxylic acids is 2. The van der Waals surface area contributed by atoms with Crippen molar-refractivity contribution in [2.45, 2.75) is 32.6 Å². The van der Waals surface area contributed by atoms with Crippen molar-refractivity contribution in [1.82, 2.24) is 0 Å². The van der Waals surface area contributed by atoms with Gasteiger partial charge in [0.2, 0.25) is 0 Å². The molecule has 0 aromatic carbocycles. The molecule has 4 nitrogen and oxygen atoms in total. The van der Waals surface area contributed by atoms with Crippen LogP contribution in [0.4, 0.5) is 0 Å². The lowest BCUT2D eigenvalue weighted by atomic mass is 9.94. The summed E-state index contributed by atoms with van der Waals surface area (Å²) in [6.07, 6.45) is 3.59. The fourth-order valence-corrected chi connectivity index (χ4v) is 2.61. The van der Waals surface area contributed by atoms with Crippen molar-refractivity contribution in [3.05, 3.63) is 0 Å². The second-order valence-corrected chi connectivity index (χ2v) is 4.81. The normalized spacial score (nSPS) is 37.8. The number of rotatable bonds is 2. The van der Waals surface area contributed by atoms with Gasteiger partial charge in [-0.05, 0) is 31.1 Å². The standard InChI is InChI=1S/C12H18O4/c1-3-8-4-5-9-6-12(9,10(13)15-2)11(14)16-7-8/h8-9H,3-7H2,1-2H3. The van der Waals surface area contributed by atoms with Gasteiger partial charge < -0.3 is 9.47 Å². The van der Waals surface area contributed by atoms with Gasteiger partial charge in [-0.3, -0.25) is 9.59 Å². The lowest BCUT2D eigenvalue weighted by Gasteiger charge is -2.21. The summed E-state index contributed by atoms with van der Waals surface area (Å²) < 4.78 is 9.94. The van der Waals surface area contributed by atoms with E-state index < -0.39 is 11.4 Å². The zero-order valence-electron chi connectivity index (χ0n) is 9.82. The number of cyclic esters (lactones) is 1. The Bertz CT molecular complexity index is 312. The average Bonchev–Trinajstić information content (AvgIpc) is 3.01.